The Kier molecular flexibility index (Phi) is 8.89. The van der Waals surface area contributed by atoms with Crippen molar-refractivity contribution in [2.75, 3.05) is 13.2 Å². The van der Waals surface area contributed by atoms with Crippen LogP contribution in [0.2, 0.25) is 19.1 Å². The molecule has 7 heteroatoms. The second-order valence-corrected chi connectivity index (χ2v) is 14.0. The number of rotatable bonds is 11. The summed E-state index contributed by atoms with van der Waals surface area (Å²) in [5, 5.41) is 19.4. The fraction of sp³-hybridized carbons (Fsp3) is 0.500. The molecule has 2 rings (SSSR count). The Morgan fingerprint density at radius 2 is 1.45 bits per heavy atom. The zero-order valence-electron chi connectivity index (χ0n) is 18.4. The van der Waals surface area contributed by atoms with Gasteiger partial charge in [-0.15, -0.1) is 0 Å². The van der Waals surface area contributed by atoms with E-state index in [4.69, 9.17) is 5.73 Å². The van der Waals surface area contributed by atoms with Crippen LogP contribution in [0.4, 0.5) is 13.2 Å². The summed E-state index contributed by atoms with van der Waals surface area (Å²) in [6, 6.07) is 15.0. The van der Waals surface area contributed by atoms with Gasteiger partial charge >= 0.3 is 6.18 Å². The minimum atomic E-state index is -4.30. The average molecular weight is 454 g/mol. The number of hydrogen-bond donors (Lipinski definition) is 3. The molecular formula is C24H34F3NO2Si. The van der Waals surface area contributed by atoms with Crippen molar-refractivity contribution < 1.29 is 23.4 Å². The van der Waals surface area contributed by atoms with Crippen molar-refractivity contribution in [2.45, 2.75) is 63.0 Å². The molecule has 0 aromatic heterocycles. The van der Waals surface area contributed by atoms with E-state index >= 15 is 0 Å². The first-order valence-electron chi connectivity index (χ1n) is 10.8. The van der Waals surface area contributed by atoms with E-state index in [1.807, 2.05) is 18.2 Å². The molecule has 0 unspecified atom stereocenters. The van der Waals surface area contributed by atoms with Gasteiger partial charge in [0, 0.05) is 0 Å². The van der Waals surface area contributed by atoms with Crippen molar-refractivity contribution in [1.29, 1.82) is 0 Å². The molecule has 2 aromatic carbocycles. The Balaban J connectivity index is 1.83. The van der Waals surface area contributed by atoms with Gasteiger partial charge in [-0.2, -0.15) is 13.2 Å². The second-order valence-electron chi connectivity index (χ2n) is 9.16. The number of aliphatic hydroxyl groups is 2. The normalized spacial score (nSPS) is 12.9. The van der Waals surface area contributed by atoms with E-state index in [0.29, 0.717) is 12.8 Å². The third-order valence-corrected chi connectivity index (χ3v) is 9.53. The first-order chi connectivity index (χ1) is 14.5. The summed E-state index contributed by atoms with van der Waals surface area (Å²) in [6.07, 6.45) is -0.186. The lowest BCUT2D eigenvalue weighted by atomic mass is 9.93. The highest BCUT2D eigenvalue weighted by molar-refractivity contribution is 6.89. The Hall–Kier alpha value is -1.67. The summed E-state index contributed by atoms with van der Waals surface area (Å²) in [5.41, 5.74) is 6.74. The van der Waals surface area contributed by atoms with Crippen molar-refractivity contribution in [2.24, 2.45) is 5.73 Å². The molecule has 0 aliphatic heterocycles. The second kappa shape index (κ2) is 10.8. The van der Waals surface area contributed by atoms with Crippen LogP contribution < -0.4 is 10.9 Å². The van der Waals surface area contributed by atoms with Gasteiger partial charge in [0.2, 0.25) is 0 Å². The largest absolute Gasteiger partial charge is 0.416 e. The minimum absolute atomic E-state index is 0.248. The van der Waals surface area contributed by atoms with Gasteiger partial charge in [0.15, 0.2) is 0 Å². The maximum Gasteiger partial charge on any atom is 0.416 e. The van der Waals surface area contributed by atoms with Gasteiger partial charge in [0.25, 0.3) is 0 Å². The van der Waals surface area contributed by atoms with E-state index in [1.165, 1.54) is 17.7 Å². The number of hydrogen-bond acceptors (Lipinski definition) is 3. The van der Waals surface area contributed by atoms with Crippen molar-refractivity contribution in [3.63, 3.8) is 0 Å². The van der Waals surface area contributed by atoms with Crippen molar-refractivity contribution in [3.05, 3.63) is 65.2 Å². The summed E-state index contributed by atoms with van der Waals surface area (Å²) in [7, 11) is -1.93. The minimum Gasteiger partial charge on any atom is -0.394 e. The smallest absolute Gasteiger partial charge is 0.394 e. The van der Waals surface area contributed by atoms with Crippen molar-refractivity contribution in [1.82, 2.24) is 0 Å². The lowest BCUT2D eigenvalue weighted by Gasteiger charge is -2.24. The molecule has 31 heavy (non-hydrogen) atoms. The third-order valence-electron chi connectivity index (χ3n) is 6.05. The molecule has 0 fully saturated rings. The van der Waals surface area contributed by atoms with E-state index in [-0.39, 0.29) is 13.2 Å². The van der Waals surface area contributed by atoms with Crippen LogP contribution in [0.5, 0.6) is 0 Å². The van der Waals surface area contributed by atoms with Gasteiger partial charge < -0.3 is 15.9 Å². The first kappa shape index (κ1) is 25.6. The van der Waals surface area contributed by atoms with Gasteiger partial charge in [-0.1, -0.05) is 79.3 Å². The average Bonchev–Trinajstić information content (AvgIpc) is 2.75. The molecule has 0 heterocycles. The number of aliphatic hydroxyl groups excluding tert-OH is 2. The van der Waals surface area contributed by atoms with Crippen LogP contribution in [-0.4, -0.2) is 37.0 Å². The number of halogens is 3. The van der Waals surface area contributed by atoms with Crippen LogP contribution >= 0.6 is 0 Å². The standard InChI is InChI=1S/C24H34F3NO2Si/c1-31(2,22-8-5-7-21(16-22)24(25,26)27)15-4-3-6-19-9-11-20(12-10-19)13-14-23(28,17-29)18-30/h5,7-12,16,29-30H,3-4,6,13-15,17-18,28H2,1-2H3. The van der Waals surface area contributed by atoms with E-state index < -0.39 is 25.4 Å². The molecule has 2 aromatic rings. The molecule has 0 aliphatic rings. The molecular weight excluding hydrogens is 419 g/mol. The quantitative estimate of drug-likeness (QED) is 0.352. The number of unbranched alkanes of at least 4 members (excludes halogenated alkanes) is 1. The monoisotopic (exact) mass is 453 g/mol. The molecule has 3 nitrogen and oxygen atoms in total. The van der Waals surface area contributed by atoms with Gasteiger partial charge in [0.05, 0.1) is 32.4 Å². The van der Waals surface area contributed by atoms with Crippen LogP contribution in [0.3, 0.4) is 0 Å². The predicted molar refractivity (Wildman–Crippen MR) is 122 cm³/mol. The molecule has 0 atom stereocenters. The van der Waals surface area contributed by atoms with Crippen LogP contribution in [0.15, 0.2) is 48.5 Å². The number of benzene rings is 2. The highest BCUT2D eigenvalue weighted by atomic mass is 28.3. The molecule has 0 amide bonds. The highest BCUT2D eigenvalue weighted by Crippen LogP contribution is 2.29. The lowest BCUT2D eigenvalue weighted by molar-refractivity contribution is -0.137. The van der Waals surface area contributed by atoms with E-state index in [2.05, 4.69) is 25.2 Å². The van der Waals surface area contributed by atoms with Crippen LogP contribution in [0.25, 0.3) is 0 Å². The van der Waals surface area contributed by atoms with E-state index in [9.17, 15) is 23.4 Å². The zero-order valence-corrected chi connectivity index (χ0v) is 19.4. The molecule has 0 saturated heterocycles. The topological polar surface area (TPSA) is 66.5 Å². The summed E-state index contributed by atoms with van der Waals surface area (Å²) in [4.78, 5) is 0. The van der Waals surface area contributed by atoms with Gasteiger partial charge in [0.1, 0.15) is 0 Å². The van der Waals surface area contributed by atoms with Gasteiger partial charge in [-0.3, -0.25) is 0 Å². The van der Waals surface area contributed by atoms with E-state index in [0.717, 1.165) is 42.1 Å². The third kappa shape index (κ3) is 7.75. The molecule has 172 valence electrons. The van der Waals surface area contributed by atoms with E-state index in [1.54, 1.807) is 0 Å². The van der Waals surface area contributed by atoms with Crippen molar-refractivity contribution in [3.8, 4) is 0 Å². The Bertz CT molecular complexity index is 818. The molecule has 4 N–H and O–H groups in total. The number of alkyl halides is 3. The Labute approximate surface area is 184 Å². The summed E-state index contributed by atoms with van der Waals surface area (Å²) >= 11 is 0. The first-order valence-corrected chi connectivity index (χ1v) is 14.0. The van der Waals surface area contributed by atoms with Crippen molar-refractivity contribution >= 4 is 13.3 Å². The van der Waals surface area contributed by atoms with Crippen LogP contribution in [0.1, 0.15) is 36.0 Å². The Morgan fingerprint density at radius 3 is 2.00 bits per heavy atom. The zero-order chi connectivity index (χ0) is 23.1. The fourth-order valence-electron chi connectivity index (χ4n) is 3.63. The van der Waals surface area contributed by atoms with Crippen LogP contribution in [-0.2, 0) is 19.0 Å². The summed E-state index contributed by atoms with van der Waals surface area (Å²) in [6.45, 7) is 3.77. The molecule has 0 aliphatic carbocycles. The predicted octanol–water partition coefficient (Wildman–Crippen LogP) is 4.26. The maximum atomic E-state index is 13.0. The molecule has 0 saturated carbocycles. The lowest BCUT2D eigenvalue weighted by Crippen LogP contribution is -2.47. The fourth-order valence-corrected chi connectivity index (χ4v) is 6.15. The SMILES string of the molecule is C[Si](C)(CCCCc1ccc(CCC(N)(CO)CO)cc1)c1cccc(C(F)(F)F)c1. The Morgan fingerprint density at radius 1 is 0.871 bits per heavy atom. The van der Waals surface area contributed by atoms with Crippen LogP contribution in [0, 0.1) is 0 Å². The van der Waals surface area contributed by atoms with Gasteiger partial charge in [-0.25, -0.2) is 0 Å². The molecule has 0 radical (unpaired) electrons. The summed E-state index contributed by atoms with van der Waals surface area (Å²) in [5.74, 6) is 0. The highest BCUT2D eigenvalue weighted by Gasteiger charge is 2.32. The number of aryl methyl sites for hydroxylation is 2. The maximum absolute atomic E-state index is 13.0. The molecule has 0 spiro atoms. The molecule has 0 bridgehead atoms. The number of nitrogens with two attached hydrogens (primary N) is 1. The summed E-state index contributed by atoms with van der Waals surface area (Å²) < 4.78 is 39.0. The van der Waals surface area contributed by atoms with Gasteiger partial charge in [-0.05, 0) is 36.8 Å².